The number of phenolic OH excluding ortho intramolecular Hbond substituents is 1. The quantitative estimate of drug-likeness (QED) is 0.747. The monoisotopic (exact) mass is 302 g/mol. The second kappa shape index (κ2) is 4.97. The molecule has 1 aromatic rings. The van der Waals surface area contributed by atoms with Gasteiger partial charge in [-0.2, -0.15) is 0 Å². The predicted molar refractivity (Wildman–Crippen MR) is 84.7 cm³/mol. The number of aliphatic hydroxyl groups excluding tert-OH is 2. The van der Waals surface area contributed by atoms with E-state index in [4.69, 9.17) is 0 Å². The van der Waals surface area contributed by atoms with Crippen molar-refractivity contribution in [2.24, 2.45) is 23.2 Å². The van der Waals surface area contributed by atoms with Crippen molar-refractivity contribution >= 4 is 0 Å². The number of hydrogen-bond donors (Lipinski definition) is 3. The summed E-state index contributed by atoms with van der Waals surface area (Å²) in [5.41, 5.74) is 2.56. The van der Waals surface area contributed by atoms with Crippen LogP contribution in [0.4, 0.5) is 0 Å². The molecular weight excluding hydrogens is 276 g/mol. The molecule has 3 nitrogen and oxygen atoms in total. The van der Waals surface area contributed by atoms with Gasteiger partial charge >= 0.3 is 0 Å². The Morgan fingerprint density at radius 1 is 1.23 bits per heavy atom. The fraction of sp³-hybridized carbons (Fsp3) is 0.684. The number of aryl methyl sites for hydroxylation is 1. The zero-order chi connectivity index (χ0) is 15.5. The van der Waals surface area contributed by atoms with Crippen LogP contribution in [0.2, 0.25) is 0 Å². The van der Waals surface area contributed by atoms with E-state index in [2.05, 4.69) is 13.0 Å². The number of fused-ring (bicyclic) bond motifs is 5. The Balaban J connectivity index is 1.78. The van der Waals surface area contributed by atoms with Gasteiger partial charge in [-0.3, -0.25) is 0 Å². The Morgan fingerprint density at radius 2 is 2.05 bits per heavy atom. The highest BCUT2D eigenvalue weighted by Crippen LogP contribution is 2.62. The number of aromatic hydroxyl groups is 1. The van der Waals surface area contributed by atoms with Gasteiger partial charge in [-0.05, 0) is 84.5 Å². The fourth-order valence-electron chi connectivity index (χ4n) is 6.03. The van der Waals surface area contributed by atoms with E-state index in [0.717, 1.165) is 32.1 Å². The molecule has 0 heterocycles. The van der Waals surface area contributed by atoms with E-state index < -0.39 is 0 Å². The Hall–Kier alpha value is -1.06. The maximum absolute atomic E-state index is 10.5. The van der Waals surface area contributed by atoms with Gasteiger partial charge in [-0.1, -0.05) is 13.0 Å². The summed E-state index contributed by atoms with van der Waals surface area (Å²) < 4.78 is 0. The normalized spacial score (nSPS) is 43.3. The lowest BCUT2D eigenvalue weighted by atomic mass is 9.52. The minimum absolute atomic E-state index is 0.0248. The zero-order valence-corrected chi connectivity index (χ0v) is 13.2. The number of hydrogen-bond acceptors (Lipinski definition) is 3. The first-order valence-corrected chi connectivity index (χ1v) is 8.65. The van der Waals surface area contributed by atoms with Crippen molar-refractivity contribution in [1.29, 1.82) is 0 Å². The Kier molecular flexibility index (Phi) is 3.28. The largest absolute Gasteiger partial charge is 0.508 e. The summed E-state index contributed by atoms with van der Waals surface area (Å²) in [4.78, 5) is 0. The summed E-state index contributed by atoms with van der Waals surface area (Å²) in [5.74, 6) is 2.08. The van der Waals surface area contributed by atoms with Crippen LogP contribution in [-0.2, 0) is 6.42 Å². The summed E-state index contributed by atoms with van der Waals surface area (Å²) >= 11 is 0. The minimum Gasteiger partial charge on any atom is -0.508 e. The SMILES string of the molecule is C[C@]12CC(CO)[C@H]3c4ccc(O)cc4CC[C@@H]3[C@@H]1CC[C@@H]2O. The van der Waals surface area contributed by atoms with Crippen LogP contribution >= 0.6 is 0 Å². The third-order valence-electron chi connectivity index (χ3n) is 7.01. The van der Waals surface area contributed by atoms with Crippen LogP contribution in [-0.4, -0.2) is 28.0 Å². The summed E-state index contributed by atoms with van der Waals surface area (Å²) in [6, 6.07) is 5.75. The van der Waals surface area contributed by atoms with Gasteiger partial charge in [-0.25, -0.2) is 0 Å². The first-order valence-electron chi connectivity index (χ1n) is 8.65. The molecule has 3 aliphatic rings. The van der Waals surface area contributed by atoms with Crippen molar-refractivity contribution in [3.05, 3.63) is 29.3 Å². The standard InChI is InChI=1S/C19H26O3/c1-19-9-12(10-20)18-14-5-3-13(21)8-11(14)2-4-15(18)16(19)6-7-17(19)22/h3,5,8,12,15-18,20-22H,2,4,6-7,9-10H2,1H3/t12?,15-,16+,17+,18+,19+/m1/s1. The van der Waals surface area contributed by atoms with Crippen molar-refractivity contribution in [1.82, 2.24) is 0 Å². The van der Waals surface area contributed by atoms with E-state index in [1.54, 1.807) is 6.07 Å². The maximum Gasteiger partial charge on any atom is 0.115 e. The van der Waals surface area contributed by atoms with E-state index in [9.17, 15) is 15.3 Å². The molecule has 0 aliphatic heterocycles. The van der Waals surface area contributed by atoms with Crippen LogP contribution in [0, 0.1) is 23.2 Å². The first-order chi connectivity index (χ1) is 10.5. The molecule has 0 spiro atoms. The third-order valence-corrected chi connectivity index (χ3v) is 7.01. The molecule has 0 bridgehead atoms. The molecule has 22 heavy (non-hydrogen) atoms. The van der Waals surface area contributed by atoms with Gasteiger partial charge < -0.3 is 15.3 Å². The third kappa shape index (κ3) is 1.88. The Labute approximate surface area is 132 Å². The van der Waals surface area contributed by atoms with Gasteiger partial charge in [-0.15, -0.1) is 0 Å². The molecule has 0 amide bonds. The molecule has 4 rings (SSSR count). The summed E-state index contributed by atoms with van der Waals surface area (Å²) in [7, 11) is 0. The average Bonchev–Trinajstić information content (AvgIpc) is 2.81. The van der Waals surface area contributed by atoms with Crippen LogP contribution in [0.1, 0.15) is 49.7 Å². The predicted octanol–water partition coefficient (Wildman–Crippen LogP) is 2.83. The van der Waals surface area contributed by atoms with Crippen LogP contribution in [0.5, 0.6) is 5.75 Å². The molecule has 1 aromatic carbocycles. The molecule has 120 valence electrons. The summed E-state index contributed by atoms with van der Waals surface area (Å²) in [6.07, 6.45) is 4.84. The molecule has 3 aliphatic carbocycles. The molecule has 0 aromatic heterocycles. The van der Waals surface area contributed by atoms with E-state index in [1.807, 2.05) is 6.07 Å². The molecule has 3 N–H and O–H groups in total. The Morgan fingerprint density at radius 3 is 2.82 bits per heavy atom. The number of rotatable bonds is 1. The van der Waals surface area contributed by atoms with E-state index in [0.29, 0.717) is 23.5 Å². The zero-order valence-electron chi connectivity index (χ0n) is 13.2. The molecule has 0 saturated heterocycles. The molecule has 3 heteroatoms. The molecule has 2 saturated carbocycles. The molecule has 0 radical (unpaired) electrons. The van der Waals surface area contributed by atoms with Crippen molar-refractivity contribution in [2.75, 3.05) is 6.61 Å². The van der Waals surface area contributed by atoms with Gasteiger partial charge in [0.1, 0.15) is 5.75 Å². The van der Waals surface area contributed by atoms with E-state index >= 15 is 0 Å². The van der Waals surface area contributed by atoms with Gasteiger partial charge in [0.05, 0.1) is 6.10 Å². The summed E-state index contributed by atoms with van der Waals surface area (Å²) in [5, 5.41) is 30.3. The van der Waals surface area contributed by atoms with Crippen molar-refractivity contribution < 1.29 is 15.3 Å². The van der Waals surface area contributed by atoms with Crippen molar-refractivity contribution in [3.63, 3.8) is 0 Å². The molecule has 2 fully saturated rings. The van der Waals surface area contributed by atoms with Gasteiger partial charge in [0.15, 0.2) is 0 Å². The van der Waals surface area contributed by atoms with Crippen LogP contribution in [0.25, 0.3) is 0 Å². The second-order valence-corrected chi connectivity index (χ2v) is 7.96. The smallest absolute Gasteiger partial charge is 0.115 e. The lowest BCUT2D eigenvalue weighted by Gasteiger charge is -2.53. The van der Waals surface area contributed by atoms with Gasteiger partial charge in [0, 0.05) is 6.61 Å². The lowest BCUT2D eigenvalue weighted by molar-refractivity contribution is -0.0587. The average molecular weight is 302 g/mol. The minimum atomic E-state index is -0.214. The lowest BCUT2D eigenvalue weighted by Crippen LogP contribution is -2.48. The van der Waals surface area contributed by atoms with Crippen molar-refractivity contribution in [3.8, 4) is 5.75 Å². The maximum atomic E-state index is 10.5. The molecule has 1 unspecified atom stereocenters. The molecule has 6 atom stereocenters. The van der Waals surface area contributed by atoms with Crippen molar-refractivity contribution in [2.45, 2.75) is 51.0 Å². The van der Waals surface area contributed by atoms with E-state index in [1.165, 1.54) is 11.1 Å². The Bertz CT molecular complexity index is 584. The highest BCUT2D eigenvalue weighted by Gasteiger charge is 2.57. The highest BCUT2D eigenvalue weighted by molar-refractivity contribution is 5.40. The number of phenols is 1. The van der Waals surface area contributed by atoms with Crippen LogP contribution in [0.15, 0.2) is 18.2 Å². The van der Waals surface area contributed by atoms with Gasteiger partial charge in [0.2, 0.25) is 0 Å². The number of benzene rings is 1. The van der Waals surface area contributed by atoms with Gasteiger partial charge in [0.25, 0.3) is 0 Å². The topological polar surface area (TPSA) is 60.7 Å². The molecular formula is C19H26O3. The van der Waals surface area contributed by atoms with E-state index in [-0.39, 0.29) is 24.0 Å². The fourth-order valence-corrected chi connectivity index (χ4v) is 6.03. The number of aliphatic hydroxyl groups is 2. The van der Waals surface area contributed by atoms with Crippen LogP contribution < -0.4 is 0 Å². The highest BCUT2D eigenvalue weighted by atomic mass is 16.3. The first kappa shape index (κ1) is 14.5. The summed E-state index contributed by atoms with van der Waals surface area (Å²) in [6.45, 7) is 2.43. The second-order valence-electron chi connectivity index (χ2n) is 7.96. The van der Waals surface area contributed by atoms with Crippen LogP contribution in [0.3, 0.4) is 0 Å².